The number of benzene rings is 1. The second-order valence-electron chi connectivity index (χ2n) is 4.19. The zero-order valence-corrected chi connectivity index (χ0v) is 11.1. The van der Waals surface area contributed by atoms with Crippen LogP contribution in [0.5, 0.6) is 0 Å². The Bertz CT molecular complexity index is 426. The molecular formula is C13H19FN2O3. The fourth-order valence-electron chi connectivity index (χ4n) is 1.61. The van der Waals surface area contributed by atoms with Gasteiger partial charge in [-0.05, 0) is 19.2 Å². The number of rotatable bonds is 8. The van der Waals surface area contributed by atoms with E-state index in [1.165, 1.54) is 18.2 Å². The SMILES string of the molecule is COCCN(C)CCNc1c(F)cccc1C(=O)O. The Morgan fingerprint density at radius 3 is 2.84 bits per heavy atom. The van der Waals surface area contributed by atoms with Crippen LogP contribution in [0.2, 0.25) is 0 Å². The second kappa shape index (κ2) is 7.70. The molecule has 5 nitrogen and oxygen atoms in total. The van der Waals surface area contributed by atoms with Gasteiger partial charge in [-0.2, -0.15) is 0 Å². The Labute approximate surface area is 112 Å². The highest BCUT2D eigenvalue weighted by molar-refractivity contribution is 5.94. The van der Waals surface area contributed by atoms with Gasteiger partial charge >= 0.3 is 5.97 Å². The number of carboxylic acids is 1. The minimum Gasteiger partial charge on any atom is -0.478 e. The number of nitrogens with one attached hydrogen (secondary N) is 1. The average Bonchev–Trinajstić information content (AvgIpc) is 2.37. The molecule has 1 aromatic carbocycles. The van der Waals surface area contributed by atoms with Crippen LogP contribution < -0.4 is 5.32 Å². The predicted molar refractivity (Wildman–Crippen MR) is 71.2 cm³/mol. The van der Waals surface area contributed by atoms with Crippen molar-refractivity contribution in [3.63, 3.8) is 0 Å². The number of methoxy groups -OCH3 is 1. The lowest BCUT2D eigenvalue weighted by atomic mass is 10.1. The number of carboxylic acid groups (broad SMARTS) is 1. The van der Waals surface area contributed by atoms with Crippen LogP contribution in [0, 0.1) is 5.82 Å². The van der Waals surface area contributed by atoms with Crippen LogP contribution in [0.4, 0.5) is 10.1 Å². The van der Waals surface area contributed by atoms with E-state index in [9.17, 15) is 9.18 Å². The van der Waals surface area contributed by atoms with E-state index >= 15 is 0 Å². The lowest BCUT2D eigenvalue weighted by molar-refractivity contribution is 0.0697. The molecule has 0 radical (unpaired) electrons. The summed E-state index contributed by atoms with van der Waals surface area (Å²) >= 11 is 0. The summed E-state index contributed by atoms with van der Waals surface area (Å²) in [6.07, 6.45) is 0. The highest BCUT2D eigenvalue weighted by atomic mass is 19.1. The molecule has 0 aliphatic heterocycles. The molecular weight excluding hydrogens is 251 g/mol. The summed E-state index contributed by atoms with van der Waals surface area (Å²) in [4.78, 5) is 13.0. The molecule has 106 valence electrons. The summed E-state index contributed by atoms with van der Waals surface area (Å²) < 4.78 is 18.5. The number of carbonyl (C=O) groups is 1. The molecule has 0 aliphatic carbocycles. The van der Waals surface area contributed by atoms with Gasteiger partial charge < -0.3 is 20.1 Å². The lowest BCUT2D eigenvalue weighted by Gasteiger charge is -2.17. The van der Waals surface area contributed by atoms with Crippen LogP contribution in [0.25, 0.3) is 0 Å². The maximum Gasteiger partial charge on any atom is 0.337 e. The number of hydrogen-bond acceptors (Lipinski definition) is 4. The van der Waals surface area contributed by atoms with E-state index in [4.69, 9.17) is 9.84 Å². The summed E-state index contributed by atoms with van der Waals surface area (Å²) in [5.74, 6) is -1.70. The van der Waals surface area contributed by atoms with Gasteiger partial charge in [0.15, 0.2) is 0 Å². The molecule has 0 heterocycles. The molecule has 0 aliphatic rings. The molecule has 2 N–H and O–H groups in total. The molecule has 0 saturated heterocycles. The second-order valence-corrected chi connectivity index (χ2v) is 4.19. The molecule has 0 amide bonds. The van der Waals surface area contributed by atoms with Gasteiger partial charge in [-0.25, -0.2) is 9.18 Å². The summed E-state index contributed by atoms with van der Waals surface area (Å²) in [5.41, 5.74) is -0.0188. The number of aromatic carboxylic acids is 1. The first kappa shape index (κ1) is 15.4. The Kier molecular flexibility index (Phi) is 6.24. The molecule has 1 aromatic rings. The maximum atomic E-state index is 13.6. The molecule has 0 fully saturated rings. The van der Waals surface area contributed by atoms with E-state index in [-0.39, 0.29) is 11.3 Å². The smallest absolute Gasteiger partial charge is 0.337 e. The summed E-state index contributed by atoms with van der Waals surface area (Å²) in [7, 11) is 3.55. The highest BCUT2D eigenvalue weighted by Gasteiger charge is 2.13. The molecule has 0 unspecified atom stereocenters. The fraction of sp³-hybridized carbons (Fsp3) is 0.462. The van der Waals surface area contributed by atoms with Crippen LogP contribution in [-0.2, 0) is 4.74 Å². The van der Waals surface area contributed by atoms with Gasteiger partial charge in [0.2, 0.25) is 0 Å². The summed E-state index contributed by atoms with van der Waals surface area (Å²) in [6, 6.07) is 4.00. The predicted octanol–water partition coefficient (Wildman–Crippen LogP) is 1.51. The van der Waals surface area contributed by atoms with Gasteiger partial charge in [0, 0.05) is 26.7 Å². The first-order valence-corrected chi connectivity index (χ1v) is 5.99. The van der Waals surface area contributed by atoms with E-state index in [1.807, 2.05) is 11.9 Å². The van der Waals surface area contributed by atoms with Gasteiger partial charge in [0.25, 0.3) is 0 Å². The van der Waals surface area contributed by atoms with E-state index in [0.29, 0.717) is 19.7 Å². The molecule has 19 heavy (non-hydrogen) atoms. The van der Waals surface area contributed by atoms with Gasteiger partial charge in [-0.15, -0.1) is 0 Å². The van der Waals surface area contributed by atoms with E-state index in [0.717, 1.165) is 6.54 Å². The standard InChI is InChI=1S/C13H19FN2O3/c1-16(8-9-19-2)7-6-15-12-10(13(17)18)4-3-5-11(12)14/h3-5,15H,6-9H2,1-2H3,(H,17,18). The van der Waals surface area contributed by atoms with Crippen LogP contribution in [0.3, 0.4) is 0 Å². The summed E-state index contributed by atoms with van der Waals surface area (Å²) in [5, 5.41) is 11.8. The zero-order chi connectivity index (χ0) is 14.3. The normalized spacial score (nSPS) is 10.7. The Morgan fingerprint density at radius 1 is 1.47 bits per heavy atom. The van der Waals surface area contributed by atoms with E-state index in [1.54, 1.807) is 7.11 Å². The quantitative estimate of drug-likeness (QED) is 0.750. The highest BCUT2D eigenvalue weighted by Crippen LogP contribution is 2.19. The van der Waals surface area contributed by atoms with Crippen molar-refractivity contribution >= 4 is 11.7 Å². The van der Waals surface area contributed by atoms with Crippen LogP contribution >= 0.6 is 0 Å². The average molecular weight is 270 g/mol. The van der Waals surface area contributed by atoms with Crippen molar-refractivity contribution < 1.29 is 19.0 Å². The van der Waals surface area contributed by atoms with Crippen molar-refractivity contribution in [2.24, 2.45) is 0 Å². The molecule has 6 heteroatoms. The van der Waals surface area contributed by atoms with Gasteiger partial charge in [0.1, 0.15) is 5.82 Å². The monoisotopic (exact) mass is 270 g/mol. The minimum absolute atomic E-state index is 0.0372. The summed E-state index contributed by atoms with van der Waals surface area (Å²) in [6.45, 7) is 2.51. The van der Waals surface area contributed by atoms with Gasteiger partial charge in [-0.3, -0.25) is 0 Å². The number of likely N-dealkylation sites (N-methyl/N-ethyl adjacent to an activating group) is 1. The first-order chi connectivity index (χ1) is 9.06. The van der Waals surface area contributed by atoms with Crippen LogP contribution in [0.15, 0.2) is 18.2 Å². The van der Waals surface area contributed by atoms with Crippen LogP contribution in [0.1, 0.15) is 10.4 Å². The number of anilines is 1. The fourth-order valence-corrected chi connectivity index (χ4v) is 1.61. The number of halogens is 1. The minimum atomic E-state index is -1.14. The van der Waals surface area contributed by atoms with Crippen molar-refractivity contribution in [2.75, 3.05) is 45.7 Å². The Hall–Kier alpha value is -1.66. The van der Waals surface area contributed by atoms with E-state index < -0.39 is 11.8 Å². The molecule has 0 aromatic heterocycles. The van der Waals surface area contributed by atoms with Crippen LogP contribution in [-0.4, -0.2) is 56.4 Å². The van der Waals surface area contributed by atoms with Crippen molar-refractivity contribution in [3.8, 4) is 0 Å². The third-order valence-corrected chi connectivity index (χ3v) is 2.72. The molecule has 1 rings (SSSR count). The van der Waals surface area contributed by atoms with Gasteiger partial charge in [-0.1, -0.05) is 6.07 Å². The number of hydrogen-bond donors (Lipinski definition) is 2. The molecule has 0 atom stereocenters. The third kappa shape index (κ3) is 4.84. The largest absolute Gasteiger partial charge is 0.478 e. The Morgan fingerprint density at radius 2 is 2.21 bits per heavy atom. The zero-order valence-electron chi connectivity index (χ0n) is 11.1. The van der Waals surface area contributed by atoms with Crippen molar-refractivity contribution in [1.82, 2.24) is 4.90 Å². The number of ether oxygens (including phenoxy) is 1. The molecule has 0 bridgehead atoms. The number of nitrogens with zero attached hydrogens (tertiary/aromatic N) is 1. The Balaban J connectivity index is 2.55. The van der Waals surface area contributed by atoms with Gasteiger partial charge in [0.05, 0.1) is 17.9 Å². The van der Waals surface area contributed by atoms with E-state index in [2.05, 4.69) is 5.32 Å². The third-order valence-electron chi connectivity index (χ3n) is 2.72. The van der Waals surface area contributed by atoms with Crippen molar-refractivity contribution in [3.05, 3.63) is 29.6 Å². The number of para-hydroxylation sites is 1. The maximum absolute atomic E-state index is 13.6. The first-order valence-electron chi connectivity index (χ1n) is 5.99. The lowest BCUT2D eigenvalue weighted by Crippen LogP contribution is -2.28. The van der Waals surface area contributed by atoms with Crippen molar-refractivity contribution in [1.29, 1.82) is 0 Å². The topological polar surface area (TPSA) is 61.8 Å². The molecule has 0 spiro atoms. The molecule has 0 saturated carbocycles. The van der Waals surface area contributed by atoms with Crippen molar-refractivity contribution in [2.45, 2.75) is 0 Å².